The molecule has 1 aromatic carbocycles. The van der Waals surface area contributed by atoms with Crippen LogP contribution in [0.25, 0.3) is 11.0 Å². The second kappa shape index (κ2) is 8.74. The van der Waals surface area contributed by atoms with Gasteiger partial charge in [0.25, 0.3) is 5.56 Å². The number of rotatable bonds is 5. The van der Waals surface area contributed by atoms with Crippen LogP contribution in [-0.4, -0.2) is 51.7 Å². The minimum atomic E-state index is -0.258. The SMILES string of the molecule is Cc1nc(N2CCOCC2)[nH]c(=O)c1CCC(=O)Nc1nc2ccccc2n1C(C)(C)C. The number of aryl methyl sites for hydroxylation is 1. The van der Waals surface area contributed by atoms with Crippen LogP contribution >= 0.6 is 0 Å². The fraction of sp³-hybridized carbons (Fsp3) is 0.478. The number of anilines is 2. The van der Waals surface area contributed by atoms with Crippen molar-refractivity contribution in [3.05, 3.63) is 45.9 Å². The number of fused-ring (bicyclic) bond motifs is 1. The summed E-state index contributed by atoms with van der Waals surface area (Å²) < 4.78 is 7.38. The molecule has 0 unspecified atom stereocenters. The van der Waals surface area contributed by atoms with Gasteiger partial charge in [-0.15, -0.1) is 0 Å². The molecule has 1 aliphatic rings. The largest absolute Gasteiger partial charge is 0.378 e. The van der Waals surface area contributed by atoms with Gasteiger partial charge in [-0.3, -0.25) is 19.9 Å². The van der Waals surface area contributed by atoms with E-state index >= 15 is 0 Å². The summed E-state index contributed by atoms with van der Waals surface area (Å²) in [6, 6.07) is 7.81. The van der Waals surface area contributed by atoms with Crippen molar-refractivity contribution in [2.24, 2.45) is 0 Å². The van der Waals surface area contributed by atoms with Gasteiger partial charge in [0.1, 0.15) is 0 Å². The van der Waals surface area contributed by atoms with Crippen molar-refractivity contribution in [2.45, 2.75) is 46.1 Å². The van der Waals surface area contributed by atoms with Gasteiger partial charge in [0.15, 0.2) is 0 Å². The van der Waals surface area contributed by atoms with Crippen molar-refractivity contribution in [1.29, 1.82) is 0 Å². The summed E-state index contributed by atoms with van der Waals surface area (Å²) in [5.41, 5.74) is 2.50. The number of hydrogen-bond donors (Lipinski definition) is 2. The highest BCUT2D eigenvalue weighted by atomic mass is 16.5. The van der Waals surface area contributed by atoms with E-state index in [0.717, 1.165) is 11.0 Å². The van der Waals surface area contributed by atoms with Gasteiger partial charge in [-0.25, -0.2) is 9.97 Å². The number of H-pyrrole nitrogens is 1. The maximum Gasteiger partial charge on any atom is 0.255 e. The molecule has 170 valence electrons. The fourth-order valence-corrected chi connectivity index (χ4v) is 4.03. The highest BCUT2D eigenvalue weighted by Gasteiger charge is 2.23. The normalized spacial score (nSPS) is 14.7. The number of para-hydroxylation sites is 2. The Bertz CT molecular complexity index is 1180. The molecule has 0 bridgehead atoms. The number of benzene rings is 1. The smallest absolute Gasteiger partial charge is 0.255 e. The molecule has 1 aliphatic heterocycles. The van der Waals surface area contributed by atoms with E-state index in [1.807, 2.05) is 40.7 Å². The number of morpholine rings is 1. The van der Waals surface area contributed by atoms with Crippen molar-refractivity contribution in [3.63, 3.8) is 0 Å². The van der Waals surface area contributed by atoms with Crippen LogP contribution in [0.1, 0.15) is 38.4 Å². The monoisotopic (exact) mass is 438 g/mol. The Morgan fingerprint density at radius 1 is 1.19 bits per heavy atom. The summed E-state index contributed by atoms with van der Waals surface area (Å²) in [4.78, 5) is 39.5. The predicted octanol–water partition coefficient (Wildman–Crippen LogP) is 2.59. The van der Waals surface area contributed by atoms with Crippen LogP contribution in [0.3, 0.4) is 0 Å². The molecule has 32 heavy (non-hydrogen) atoms. The number of nitrogens with one attached hydrogen (secondary N) is 2. The van der Waals surface area contributed by atoms with Gasteiger partial charge in [-0.2, -0.15) is 0 Å². The molecule has 9 heteroatoms. The van der Waals surface area contributed by atoms with Gasteiger partial charge in [-0.1, -0.05) is 12.1 Å². The van der Waals surface area contributed by atoms with Crippen LogP contribution < -0.4 is 15.8 Å². The summed E-state index contributed by atoms with van der Waals surface area (Å²) in [5.74, 6) is 0.875. The highest BCUT2D eigenvalue weighted by Crippen LogP contribution is 2.28. The van der Waals surface area contributed by atoms with Crippen LogP contribution in [0.15, 0.2) is 29.1 Å². The minimum Gasteiger partial charge on any atom is -0.378 e. The number of ether oxygens (including phenoxy) is 1. The first-order valence-electron chi connectivity index (χ1n) is 10.9. The predicted molar refractivity (Wildman–Crippen MR) is 124 cm³/mol. The highest BCUT2D eigenvalue weighted by molar-refractivity contribution is 5.91. The van der Waals surface area contributed by atoms with Crippen molar-refractivity contribution in [3.8, 4) is 0 Å². The standard InChI is InChI=1S/C23H30N6O3/c1-15-16(20(31)27-21(24-15)28-11-13-32-14-12-28)9-10-19(30)26-22-25-17-7-5-6-8-18(17)29(22)23(2,3)4/h5-8H,9-14H2,1-4H3,(H,24,27,31)(H,25,26,30). The quantitative estimate of drug-likeness (QED) is 0.634. The first-order valence-corrected chi connectivity index (χ1v) is 10.9. The zero-order chi connectivity index (χ0) is 22.9. The molecule has 0 radical (unpaired) electrons. The molecule has 0 aliphatic carbocycles. The molecule has 0 atom stereocenters. The molecule has 9 nitrogen and oxygen atoms in total. The summed E-state index contributed by atoms with van der Waals surface area (Å²) in [7, 11) is 0. The van der Waals surface area contributed by atoms with E-state index < -0.39 is 0 Å². The van der Waals surface area contributed by atoms with E-state index in [0.29, 0.717) is 55.9 Å². The Kier molecular flexibility index (Phi) is 6.01. The van der Waals surface area contributed by atoms with E-state index in [2.05, 4.69) is 41.0 Å². The molecule has 1 amide bonds. The minimum absolute atomic E-state index is 0.163. The molecule has 3 heterocycles. The first-order chi connectivity index (χ1) is 15.2. The van der Waals surface area contributed by atoms with Crippen molar-refractivity contribution in [1.82, 2.24) is 19.5 Å². The number of amides is 1. The number of imidazole rings is 1. The van der Waals surface area contributed by atoms with E-state index in [1.165, 1.54) is 0 Å². The maximum absolute atomic E-state index is 12.8. The molecule has 1 fully saturated rings. The molecule has 2 aromatic heterocycles. The van der Waals surface area contributed by atoms with Gasteiger partial charge in [0.2, 0.25) is 17.8 Å². The Balaban J connectivity index is 1.49. The average Bonchev–Trinajstić information content (AvgIpc) is 3.11. The third-order valence-corrected chi connectivity index (χ3v) is 5.61. The lowest BCUT2D eigenvalue weighted by atomic mass is 10.1. The number of carbonyl (C=O) groups is 1. The Hall–Kier alpha value is -3.20. The molecular formula is C23H30N6O3. The van der Waals surface area contributed by atoms with Crippen LogP contribution in [-0.2, 0) is 21.5 Å². The number of aromatic nitrogens is 4. The summed E-state index contributed by atoms with van der Waals surface area (Å²) in [5, 5.41) is 2.94. The van der Waals surface area contributed by atoms with Gasteiger partial charge in [0, 0.05) is 36.3 Å². The first kappa shape index (κ1) is 22.0. The lowest BCUT2D eigenvalue weighted by molar-refractivity contribution is -0.116. The summed E-state index contributed by atoms with van der Waals surface area (Å²) in [6.45, 7) is 10.6. The van der Waals surface area contributed by atoms with E-state index in [4.69, 9.17) is 4.74 Å². The molecule has 1 saturated heterocycles. The fourth-order valence-electron chi connectivity index (χ4n) is 4.03. The molecule has 2 N–H and O–H groups in total. The second-order valence-corrected chi connectivity index (χ2v) is 9.03. The zero-order valence-electron chi connectivity index (χ0n) is 19.1. The third kappa shape index (κ3) is 4.52. The number of aromatic amines is 1. The summed E-state index contributed by atoms with van der Waals surface area (Å²) >= 11 is 0. The van der Waals surface area contributed by atoms with Crippen LogP contribution in [0.4, 0.5) is 11.9 Å². The Morgan fingerprint density at radius 2 is 1.91 bits per heavy atom. The second-order valence-electron chi connectivity index (χ2n) is 9.03. The third-order valence-electron chi connectivity index (χ3n) is 5.61. The van der Waals surface area contributed by atoms with Gasteiger partial charge >= 0.3 is 0 Å². The van der Waals surface area contributed by atoms with E-state index in [-0.39, 0.29) is 23.4 Å². The molecule has 3 aromatic rings. The van der Waals surface area contributed by atoms with Gasteiger partial charge in [0.05, 0.1) is 24.2 Å². The van der Waals surface area contributed by atoms with Crippen molar-refractivity contribution >= 4 is 28.8 Å². The lowest BCUT2D eigenvalue weighted by Gasteiger charge is -2.27. The topological polar surface area (TPSA) is 105 Å². The Morgan fingerprint density at radius 3 is 2.59 bits per heavy atom. The molecule has 4 rings (SSSR count). The van der Waals surface area contributed by atoms with Gasteiger partial charge < -0.3 is 14.2 Å². The maximum atomic E-state index is 12.8. The van der Waals surface area contributed by atoms with Crippen LogP contribution in [0, 0.1) is 6.92 Å². The molecule has 0 saturated carbocycles. The van der Waals surface area contributed by atoms with Gasteiger partial charge in [-0.05, 0) is 46.2 Å². The van der Waals surface area contributed by atoms with Crippen LogP contribution in [0.2, 0.25) is 0 Å². The molecule has 0 spiro atoms. The molecular weight excluding hydrogens is 408 g/mol. The van der Waals surface area contributed by atoms with E-state index in [1.54, 1.807) is 0 Å². The van der Waals surface area contributed by atoms with Crippen molar-refractivity contribution < 1.29 is 9.53 Å². The average molecular weight is 439 g/mol. The zero-order valence-corrected chi connectivity index (χ0v) is 19.1. The lowest BCUT2D eigenvalue weighted by Crippen LogP contribution is -2.38. The Labute approximate surface area is 186 Å². The number of nitrogens with zero attached hydrogens (tertiary/aromatic N) is 4. The van der Waals surface area contributed by atoms with Crippen molar-refractivity contribution in [2.75, 3.05) is 36.5 Å². The van der Waals surface area contributed by atoms with Crippen LogP contribution in [0.5, 0.6) is 0 Å². The van der Waals surface area contributed by atoms with E-state index in [9.17, 15) is 9.59 Å². The summed E-state index contributed by atoms with van der Waals surface area (Å²) in [6.07, 6.45) is 0.467. The number of carbonyl (C=O) groups excluding carboxylic acids is 1. The number of hydrogen-bond acceptors (Lipinski definition) is 6.